The third-order valence-electron chi connectivity index (χ3n) is 5.33. The Morgan fingerprint density at radius 2 is 2.33 bits per heavy atom. The van der Waals surface area contributed by atoms with Crippen LogP contribution in [-0.2, 0) is 0 Å². The molecule has 5 heteroatoms. The molecule has 0 saturated carbocycles. The molecule has 5 nitrogen and oxygen atoms in total. The van der Waals surface area contributed by atoms with Crippen LogP contribution in [-0.4, -0.2) is 49.0 Å². The monoisotopic (exact) mass is 319 g/mol. The summed E-state index contributed by atoms with van der Waals surface area (Å²) < 4.78 is 0. The molecule has 122 valence electrons. The van der Waals surface area contributed by atoms with Crippen molar-refractivity contribution in [3.63, 3.8) is 0 Å². The molecule has 2 atom stereocenters. The Morgan fingerprint density at radius 1 is 1.42 bits per heavy atom. The van der Waals surface area contributed by atoms with Crippen molar-refractivity contribution in [1.82, 2.24) is 10.2 Å². The van der Waals surface area contributed by atoms with Gasteiger partial charge in [0.2, 0.25) is 0 Å². The maximum atomic E-state index is 9.04. The molecule has 1 spiro atoms. The average Bonchev–Trinajstić information content (AvgIpc) is 2.92. The summed E-state index contributed by atoms with van der Waals surface area (Å²) in [5.74, 6) is 0. The summed E-state index contributed by atoms with van der Waals surface area (Å²) >= 11 is 0. The minimum atomic E-state index is -0.221. The van der Waals surface area contributed by atoms with Crippen LogP contribution in [0.2, 0.25) is 0 Å². The van der Waals surface area contributed by atoms with Crippen LogP contribution >= 0.6 is 0 Å². The van der Waals surface area contributed by atoms with E-state index in [1.165, 1.54) is 11.3 Å². The lowest BCUT2D eigenvalue weighted by Gasteiger charge is -2.40. The summed E-state index contributed by atoms with van der Waals surface area (Å²) in [6.45, 7) is 5.93. The van der Waals surface area contributed by atoms with Crippen LogP contribution < -0.4 is 5.32 Å². The Bertz CT molecular complexity index is 774. The van der Waals surface area contributed by atoms with Crippen molar-refractivity contribution in [2.24, 2.45) is 15.4 Å². The predicted octanol–water partition coefficient (Wildman–Crippen LogP) is 1.98. The van der Waals surface area contributed by atoms with Crippen LogP contribution in [0.5, 0.6) is 0 Å². The van der Waals surface area contributed by atoms with E-state index in [1.54, 1.807) is 6.08 Å². The Morgan fingerprint density at radius 3 is 3.17 bits per heavy atom. The molecule has 4 aliphatic rings. The molecule has 1 aliphatic carbocycles. The van der Waals surface area contributed by atoms with Gasteiger partial charge in [-0.1, -0.05) is 6.08 Å². The zero-order valence-electron chi connectivity index (χ0n) is 13.9. The zero-order chi connectivity index (χ0) is 16.6. The van der Waals surface area contributed by atoms with Crippen LogP contribution in [0, 0.1) is 16.7 Å². The summed E-state index contributed by atoms with van der Waals surface area (Å²) in [6.07, 6.45) is 12.6. The fraction of sp³-hybridized carbons (Fsp3) is 0.421. The highest BCUT2D eigenvalue weighted by molar-refractivity contribution is 6.10. The van der Waals surface area contributed by atoms with E-state index in [0.29, 0.717) is 12.6 Å². The molecule has 2 unspecified atom stereocenters. The lowest BCUT2D eigenvalue weighted by molar-refractivity contribution is 0.226. The minimum absolute atomic E-state index is 0.221. The van der Waals surface area contributed by atoms with Gasteiger partial charge in [0.25, 0.3) is 0 Å². The number of rotatable bonds is 1. The van der Waals surface area contributed by atoms with Gasteiger partial charge in [-0.05, 0) is 31.1 Å². The van der Waals surface area contributed by atoms with Gasteiger partial charge in [-0.15, -0.1) is 0 Å². The summed E-state index contributed by atoms with van der Waals surface area (Å²) in [6, 6.07) is 2.60. The highest BCUT2D eigenvalue weighted by Gasteiger charge is 2.45. The molecular weight excluding hydrogens is 298 g/mol. The predicted molar refractivity (Wildman–Crippen MR) is 95.9 cm³/mol. The molecule has 1 saturated heterocycles. The molecular formula is C19H21N5. The zero-order valence-corrected chi connectivity index (χ0v) is 13.9. The quantitative estimate of drug-likeness (QED) is 0.752. The van der Waals surface area contributed by atoms with Crippen molar-refractivity contribution < 1.29 is 0 Å². The molecule has 24 heavy (non-hydrogen) atoms. The van der Waals surface area contributed by atoms with Crippen LogP contribution in [0.3, 0.4) is 0 Å². The minimum Gasteiger partial charge on any atom is -0.366 e. The first-order chi connectivity index (χ1) is 11.7. The van der Waals surface area contributed by atoms with E-state index in [0.717, 1.165) is 37.3 Å². The van der Waals surface area contributed by atoms with Crippen LogP contribution in [0.15, 0.2) is 57.3 Å². The molecule has 0 radical (unpaired) electrons. The maximum Gasteiger partial charge on any atom is 0.0914 e. The van der Waals surface area contributed by atoms with E-state index in [2.05, 4.69) is 40.4 Å². The third-order valence-corrected chi connectivity index (χ3v) is 5.33. The van der Waals surface area contributed by atoms with Crippen LogP contribution in [0.1, 0.15) is 13.3 Å². The Balaban J connectivity index is 1.83. The first-order valence-corrected chi connectivity index (χ1v) is 8.48. The maximum absolute atomic E-state index is 9.04. The van der Waals surface area contributed by atoms with Gasteiger partial charge < -0.3 is 10.2 Å². The summed E-state index contributed by atoms with van der Waals surface area (Å²) in [7, 11) is 0. The number of allylic oxidation sites excluding steroid dienone is 5. The molecule has 4 rings (SSSR count). The van der Waals surface area contributed by atoms with E-state index >= 15 is 0 Å². The van der Waals surface area contributed by atoms with Crippen molar-refractivity contribution in [2.45, 2.75) is 19.4 Å². The summed E-state index contributed by atoms with van der Waals surface area (Å²) in [5.41, 5.74) is 4.36. The summed E-state index contributed by atoms with van der Waals surface area (Å²) in [4.78, 5) is 11.8. The average molecular weight is 319 g/mol. The molecule has 0 aromatic heterocycles. The number of aliphatic imine (C=N–C) groups is 2. The van der Waals surface area contributed by atoms with Gasteiger partial charge in [-0.25, -0.2) is 0 Å². The fourth-order valence-corrected chi connectivity index (χ4v) is 4.10. The van der Waals surface area contributed by atoms with Gasteiger partial charge in [-0.3, -0.25) is 9.98 Å². The molecule has 0 bridgehead atoms. The van der Waals surface area contributed by atoms with Crippen molar-refractivity contribution >= 4 is 11.9 Å². The molecule has 3 aliphatic heterocycles. The van der Waals surface area contributed by atoms with Gasteiger partial charge in [-0.2, -0.15) is 5.26 Å². The largest absolute Gasteiger partial charge is 0.366 e. The molecule has 1 fully saturated rings. The van der Waals surface area contributed by atoms with Gasteiger partial charge in [0, 0.05) is 55.4 Å². The molecule has 0 aromatic carbocycles. The summed E-state index contributed by atoms with van der Waals surface area (Å²) in [5, 5.41) is 12.5. The SMILES string of the molecule is CC1CNCCN1C1=C2C=NCC23C/C(=C/C#N)C=CC3=NC=C1. The smallest absolute Gasteiger partial charge is 0.0914 e. The van der Waals surface area contributed by atoms with E-state index in [9.17, 15) is 0 Å². The molecule has 1 N–H and O–H groups in total. The van der Waals surface area contributed by atoms with Gasteiger partial charge in [0.1, 0.15) is 0 Å². The van der Waals surface area contributed by atoms with Gasteiger partial charge >= 0.3 is 0 Å². The Labute approximate surface area is 142 Å². The molecule has 3 heterocycles. The number of nitrogens with one attached hydrogen (secondary N) is 1. The lowest BCUT2D eigenvalue weighted by atomic mass is 9.69. The van der Waals surface area contributed by atoms with E-state index in [1.807, 2.05) is 18.5 Å². The van der Waals surface area contributed by atoms with Crippen molar-refractivity contribution in [3.8, 4) is 6.07 Å². The topological polar surface area (TPSA) is 63.8 Å². The number of piperazine rings is 1. The van der Waals surface area contributed by atoms with Gasteiger partial charge in [0.05, 0.1) is 23.7 Å². The normalized spacial score (nSPS) is 33.2. The van der Waals surface area contributed by atoms with Crippen molar-refractivity contribution in [3.05, 3.63) is 47.3 Å². The second kappa shape index (κ2) is 5.88. The first-order valence-electron chi connectivity index (χ1n) is 8.48. The van der Waals surface area contributed by atoms with Crippen LogP contribution in [0.4, 0.5) is 0 Å². The van der Waals surface area contributed by atoms with Gasteiger partial charge in [0.15, 0.2) is 0 Å². The molecule has 0 amide bonds. The first kappa shape index (κ1) is 15.1. The number of nitrogens with zero attached hydrogens (tertiary/aromatic N) is 4. The van der Waals surface area contributed by atoms with E-state index < -0.39 is 0 Å². The fourth-order valence-electron chi connectivity index (χ4n) is 4.10. The highest BCUT2D eigenvalue weighted by atomic mass is 15.2. The van der Waals surface area contributed by atoms with E-state index in [4.69, 9.17) is 10.3 Å². The Kier molecular flexibility index (Phi) is 3.70. The third kappa shape index (κ3) is 2.26. The van der Waals surface area contributed by atoms with E-state index in [-0.39, 0.29) is 5.41 Å². The second-order valence-electron chi connectivity index (χ2n) is 6.79. The number of hydrogen-bond donors (Lipinski definition) is 1. The van der Waals surface area contributed by atoms with Crippen molar-refractivity contribution in [2.75, 3.05) is 26.2 Å². The van der Waals surface area contributed by atoms with Crippen molar-refractivity contribution in [1.29, 1.82) is 5.26 Å². The second-order valence-corrected chi connectivity index (χ2v) is 6.79. The standard InChI is InChI=1S/C19H21N5/c1-14-11-21-8-9-24(14)17-5-7-23-18-3-2-15(4-6-20)10-19(18)13-22-12-16(17)19/h2-5,7,12,14,21H,8-11,13H2,1H3/b15-4+. The highest BCUT2D eigenvalue weighted by Crippen LogP contribution is 2.45. The Hall–Kier alpha value is -2.45. The van der Waals surface area contributed by atoms with Crippen LogP contribution in [0.25, 0.3) is 0 Å². The lowest BCUT2D eigenvalue weighted by Crippen LogP contribution is -2.49. The number of hydrogen-bond acceptors (Lipinski definition) is 5. The number of nitriles is 1. The molecule has 0 aromatic rings.